The standard InChI is InChI=1S/C26H20O5/c1-15-24(27)16(2)26(28)31-25(15)23-12-18-10-11-20(13-22(18)30-23)29-14-19-8-5-7-17-6-3-4-9-21(17)19/h3-13,27H,14H2,1-2H3. The Morgan fingerprint density at radius 1 is 0.871 bits per heavy atom. The van der Waals surface area contributed by atoms with Crippen LogP contribution >= 0.6 is 0 Å². The average molecular weight is 412 g/mol. The SMILES string of the molecule is Cc1c(-c2cc3ccc(OCc4cccc5ccccc45)cc3o2)oc(=O)c(C)c1O. The number of rotatable bonds is 4. The minimum absolute atomic E-state index is 0.0779. The van der Waals surface area contributed by atoms with Gasteiger partial charge in [-0.1, -0.05) is 42.5 Å². The fourth-order valence-corrected chi connectivity index (χ4v) is 3.76. The molecule has 5 nitrogen and oxygen atoms in total. The van der Waals surface area contributed by atoms with Crippen molar-refractivity contribution in [1.82, 2.24) is 0 Å². The highest BCUT2D eigenvalue weighted by atomic mass is 16.5. The third-order valence-corrected chi connectivity index (χ3v) is 5.54. The van der Waals surface area contributed by atoms with Gasteiger partial charge in [0.2, 0.25) is 0 Å². The summed E-state index contributed by atoms with van der Waals surface area (Å²) in [7, 11) is 0. The van der Waals surface area contributed by atoms with Gasteiger partial charge in [-0.15, -0.1) is 0 Å². The van der Waals surface area contributed by atoms with E-state index in [1.54, 1.807) is 13.0 Å². The largest absolute Gasteiger partial charge is 0.507 e. The van der Waals surface area contributed by atoms with E-state index in [9.17, 15) is 9.90 Å². The van der Waals surface area contributed by atoms with E-state index in [1.165, 1.54) is 12.3 Å². The van der Waals surface area contributed by atoms with Crippen molar-refractivity contribution in [2.75, 3.05) is 0 Å². The Hall–Kier alpha value is -3.99. The number of fused-ring (bicyclic) bond motifs is 2. The van der Waals surface area contributed by atoms with Crippen molar-refractivity contribution in [2.24, 2.45) is 0 Å². The number of hydrogen-bond acceptors (Lipinski definition) is 5. The van der Waals surface area contributed by atoms with E-state index in [2.05, 4.69) is 24.3 Å². The van der Waals surface area contributed by atoms with Crippen molar-refractivity contribution in [3.8, 4) is 23.0 Å². The van der Waals surface area contributed by atoms with Gasteiger partial charge in [0, 0.05) is 17.0 Å². The molecule has 0 aliphatic heterocycles. The van der Waals surface area contributed by atoms with Crippen LogP contribution in [0.2, 0.25) is 0 Å². The van der Waals surface area contributed by atoms with Crippen LogP contribution in [0.15, 0.2) is 80.4 Å². The molecule has 2 aromatic heterocycles. The highest BCUT2D eigenvalue weighted by molar-refractivity contribution is 5.86. The molecule has 1 N–H and O–H groups in total. The second kappa shape index (κ2) is 7.36. The second-order valence-corrected chi connectivity index (χ2v) is 7.55. The van der Waals surface area contributed by atoms with Gasteiger partial charge in [0.1, 0.15) is 23.7 Å². The first-order valence-electron chi connectivity index (χ1n) is 9.98. The molecule has 31 heavy (non-hydrogen) atoms. The van der Waals surface area contributed by atoms with Gasteiger partial charge in [-0.05, 0) is 48.4 Å². The molecule has 0 aliphatic carbocycles. The molecule has 5 rings (SSSR count). The zero-order valence-corrected chi connectivity index (χ0v) is 17.1. The summed E-state index contributed by atoms with van der Waals surface area (Å²) in [4.78, 5) is 12.0. The van der Waals surface area contributed by atoms with Gasteiger partial charge in [-0.2, -0.15) is 0 Å². The lowest BCUT2D eigenvalue weighted by Gasteiger charge is -2.09. The van der Waals surface area contributed by atoms with Crippen LogP contribution in [0.4, 0.5) is 0 Å². The van der Waals surface area contributed by atoms with Gasteiger partial charge >= 0.3 is 5.63 Å². The number of benzene rings is 3. The summed E-state index contributed by atoms with van der Waals surface area (Å²) in [5.41, 5.74) is 1.76. The third-order valence-electron chi connectivity index (χ3n) is 5.54. The zero-order valence-electron chi connectivity index (χ0n) is 17.1. The summed E-state index contributed by atoms with van der Waals surface area (Å²) in [6.45, 7) is 3.64. The lowest BCUT2D eigenvalue weighted by atomic mass is 10.1. The highest BCUT2D eigenvalue weighted by Crippen LogP contribution is 2.34. The van der Waals surface area contributed by atoms with E-state index in [4.69, 9.17) is 13.6 Å². The van der Waals surface area contributed by atoms with Gasteiger partial charge in [-0.25, -0.2) is 4.79 Å². The third kappa shape index (κ3) is 3.34. The predicted molar refractivity (Wildman–Crippen MR) is 120 cm³/mol. The Bertz CT molecular complexity index is 1480. The van der Waals surface area contributed by atoms with Crippen molar-refractivity contribution < 1.29 is 18.7 Å². The monoisotopic (exact) mass is 412 g/mol. The van der Waals surface area contributed by atoms with Crippen molar-refractivity contribution >= 4 is 21.7 Å². The molecule has 0 spiro atoms. The van der Waals surface area contributed by atoms with E-state index in [1.807, 2.05) is 36.4 Å². The summed E-state index contributed by atoms with van der Waals surface area (Å²) in [5.74, 6) is 1.20. The number of hydrogen-bond donors (Lipinski definition) is 1. The molecule has 5 heteroatoms. The van der Waals surface area contributed by atoms with Crippen LogP contribution in [0, 0.1) is 13.8 Å². The predicted octanol–water partition coefficient (Wildman–Crippen LogP) is 6.11. The minimum Gasteiger partial charge on any atom is -0.507 e. The lowest BCUT2D eigenvalue weighted by Crippen LogP contribution is -2.05. The highest BCUT2D eigenvalue weighted by Gasteiger charge is 2.18. The summed E-state index contributed by atoms with van der Waals surface area (Å²) in [6, 6.07) is 21.7. The topological polar surface area (TPSA) is 72.8 Å². The van der Waals surface area contributed by atoms with E-state index in [-0.39, 0.29) is 17.1 Å². The van der Waals surface area contributed by atoms with E-state index in [0.29, 0.717) is 29.3 Å². The minimum atomic E-state index is -0.585. The molecule has 0 amide bonds. The van der Waals surface area contributed by atoms with Crippen LogP contribution < -0.4 is 10.4 Å². The molecule has 0 aliphatic rings. The van der Waals surface area contributed by atoms with Gasteiger partial charge in [0.25, 0.3) is 0 Å². The van der Waals surface area contributed by atoms with E-state index >= 15 is 0 Å². The Morgan fingerprint density at radius 3 is 2.55 bits per heavy atom. The number of ether oxygens (including phenoxy) is 1. The molecule has 3 aromatic carbocycles. The lowest BCUT2D eigenvalue weighted by molar-refractivity contribution is 0.307. The van der Waals surface area contributed by atoms with Crippen LogP contribution in [0.1, 0.15) is 16.7 Å². The average Bonchev–Trinajstić information content (AvgIpc) is 3.21. The maximum Gasteiger partial charge on any atom is 0.343 e. The van der Waals surface area contributed by atoms with Gasteiger partial charge in [0.05, 0.1) is 5.56 Å². The second-order valence-electron chi connectivity index (χ2n) is 7.55. The van der Waals surface area contributed by atoms with Gasteiger partial charge in [-0.3, -0.25) is 0 Å². The van der Waals surface area contributed by atoms with E-state index in [0.717, 1.165) is 16.3 Å². The molecule has 154 valence electrons. The van der Waals surface area contributed by atoms with Crippen LogP contribution in [0.25, 0.3) is 33.3 Å². The maximum atomic E-state index is 12.0. The summed E-state index contributed by atoms with van der Waals surface area (Å²) in [5, 5.41) is 13.4. The Morgan fingerprint density at radius 2 is 1.68 bits per heavy atom. The van der Waals surface area contributed by atoms with Crippen LogP contribution in [-0.2, 0) is 6.61 Å². The quantitative estimate of drug-likeness (QED) is 0.386. The number of aromatic hydroxyl groups is 1. The molecule has 2 heterocycles. The Kier molecular flexibility index (Phi) is 4.51. The first kappa shape index (κ1) is 19.0. The van der Waals surface area contributed by atoms with Crippen molar-refractivity contribution in [3.63, 3.8) is 0 Å². The van der Waals surface area contributed by atoms with Gasteiger partial charge < -0.3 is 18.7 Å². The molecule has 0 saturated heterocycles. The smallest absolute Gasteiger partial charge is 0.343 e. The molecule has 0 unspecified atom stereocenters. The van der Waals surface area contributed by atoms with Crippen LogP contribution in [-0.4, -0.2) is 5.11 Å². The maximum absolute atomic E-state index is 12.0. The van der Waals surface area contributed by atoms with Crippen LogP contribution in [0.5, 0.6) is 11.5 Å². The van der Waals surface area contributed by atoms with Gasteiger partial charge in [0.15, 0.2) is 11.5 Å². The first-order valence-corrected chi connectivity index (χ1v) is 9.98. The molecule has 0 saturated carbocycles. The molecule has 0 radical (unpaired) electrons. The summed E-state index contributed by atoms with van der Waals surface area (Å²) in [6.07, 6.45) is 0. The molecule has 5 aromatic rings. The fourth-order valence-electron chi connectivity index (χ4n) is 3.76. The van der Waals surface area contributed by atoms with Crippen molar-refractivity contribution in [2.45, 2.75) is 20.5 Å². The Balaban J connectivity index is 1.46. The molecule has 0 bridgehead atoms. The molecular formula is C26H20O5. The number of furan rings is 1. The summed E-state index contributed by atoms with van der Waals surface area (Å²) < 4.78 is 17.3. The zero-order chi connectivity index (χ0) is 21.5. The summed E-state index contributed by atoms with van der Waals surface area (Å²) >= 11 is 0. The molecular weight excluding hydrogens is 392 g/mol. The Labute approximate surface area is 178 Å². The van der Waals surface area contributed by atoms with Crippen LogP contribution in [0.3, 0.4) is 0 Å². The van der Waals surface area contributed by atoms with E-state index < -0.39 is 5.63 Å². The van der Waals surface area contributed by atoms with Crippen molar-refractivity contribution in [3.05, 3.63) is 93.8 Å². The first-order chi connectivity index (χ1) is 15.0. The van der Waals surface area contributed by atoms with Crippen molar-refractivity contribution in [1.29, 1.82) is 0 Å². The normalized spacial score (nSPS) is 11.3. The molecule has 0 atom stereocenters. The fraction of sp³-hybridized carbons (Fsp3) is 0.115. The molecule has 0 fully saturated rings.